The van der Waals surface area contributed by atoms with Crippen molar-refractivity contribution in [1.29, 1.82) is 0 Å². The average Bonchev–Trinajstić information content (AvgIpc) is 2.54. The smallest absolute Gasteiger partial charge is 0.117 e. The van der Waals surface area contributed by atoms with Gasteiger partial charge in [-0.05, 0) is 53.8 Å². The van der Waals surface area contributed by atoms with Crippen LogP contribution in [-0.2, 0) is 0 Å². The van der Waals surface area contributed by atoms with E-state index >= 15 is 0 Å². The number of aryl methyl sites for hydroxylation is 1. The highest BCUT2D eigenvalue weighted by atomic mass is 79.9. The molecule has 1 heterocycles. The molecule has 1 aromatic carbocycles. The van der Waals surface area contributed by atoms with Crippen LogP contribution in [0.3, 0.4) is 0 Å². The maximum Gasteiger partial charge on any atom is 0.117 e. The largest absolute Gasteiger partial charge is 0.193 e. The minimum Gasteiger partial charge on any atom is -0.193 e. The highest BCUT2D eigenvalue weighted by Crippen LogP contribution is 2.32. The topological polar surface area (TPSA) is 12.9 Å². The van der Waals surface area contributed by atoms with Crippen molar-refractivity contribution in [3.63, 3.8) is 0 Å². The lowest BCUT2D eigenvalue weighted by atomic mass is 9.86. The third kappa shape index (κ3) is 1.24. The van der Waals surface area contributed by atoms with E-state index in [1.807, 2.05) is 6.92 Å². The first kappa shape index (κ1) is 10.2. The Hall–Kier alpha value is -0.345. The van der Waals surface area contributed by atoms with Crippen LogP contribution in [0.2, 0.25) is 0 Å². The molecule has 0 saturated heterocycles. The number of rotatable bonds is 0. The van der Waals surface area contributed by atoms with Crippen LogP contribution in [-0.4, -0.2) is 12.2 Å². The van der Waals surface area contributed by atoms with E-state index in [0.717, 1.165) is 26.4 Å². The second-order valence-electron chi connectivity index (χ2n) is 3.44. The van der Waals surface area contributed by atoms with Gasteiger partial charge in [-0.15, -0.1) is 0 Å². The summed E-state index contributed by atoms with van der Waals surface area (Å²) in [5.74, 6) is 0. The highest BCUT2D eigenvalue weighted by Gasteiger charge is 2.13. The minimum absolute atomic E-state index is 0.810. The second-order valence-corrected chi connectivity index (χ2v) is 5.21. The molecule has 0 aliphatic rings. The van der Waals surface area contributed by atoms with Gasteiger partial charge < -0.3 is 0 Å². The summed E-state index contributed by atoms with van der Waals surface area (Å²) >= 11 is 5.11. The summed E-state index contributed by atoms with van der Waals surface area (Å²) in [7, 11) is 6.02. The van der Waals surface area contributed by atoms with Gasteiger partial charge >= 0.3 is 0 Å². The lowest BCUT2D eigenvalue weighted by Gasteiger charge is -2.09. The van der Waals surface area contributed by atoms with E-state index in [4.69, 9.17) is 7.85 Å². The third-order valence-electron chi connectivity index (χ3n) is 2.63. The Morgan fingerprint density at radius 1 is 1.21 bits per heavy atom. The summed E-state index contributed by atoms with van der Waals surface area (Å²) in [5, 5.41) is 1.16. The van der Waals surface area contributed by atoms with Crippen molar-refractivity contribution < 1.29 is 0 Å². The average molecular weight is 266 g/mol. The molecule has 1 nitrogen and oxygen atoms in total. The van der Waals surface area contributed by atoms with Gasteiger partial charge in [-0.2, -0.15) is 4.37 Å². The fraction of sp³-hybridized carbons (Fsp3) is 0.300. The Kier molecular flexibility index (Phi) is 2.44. The van der Waals surface area contributed by atoms with Crippen LogP contribution in [0.4, 0.5) is 0 Å². The molecule has 0 N–H and O–H groups in total. The number of aromatic nitrogens is 1. The molecular formula is C10H9BBrNS. The summed E-state index contributed by atoms with van der Waals surface area (Å²) in [6, 6.07) is 0. The molecule has 2 rings (SSSR count). The van der Waals surface area contributed by atoms with E-state index in [0.29, 0.717) is 0 Å². The number of fused-ring (bicyclic) bond motifs is 1. The van der Waals surface area contributed by atoms with Crippen LogP contribution in [0.15, 0.2) is 4.47 Å². The van der Waals surface area contributed by atoms with Gasteiger partial charge in [0, 0.05) is 14.7 Å². The molecule has 70 valence electrons. The Morgan fingerprint density at radius 2 is 1.86 bits per heavy atom. The molecule has 0 atom stereocenters. The van der Waals surface area contributed by atoms with E-state index in [9.17, 15) is 0 Å². The van der Waals surface area contributed by atoms with E-state index in [1.165, 1.54) is 22.0 Å². The highest BCUT2D eigenvalue weighted by molar-refractivity contribution is 9.10. The predicted molar refractivity (Wildman–Crippen MR) is 66.9 cm³/mol. The van der Waals surface area contributed by atoms with E-state index in [2.05, 4.69) is 34.2 Å². The molecule has 0 aliphatic heterocycles. The summed E-state index contributed by atoms with van der Waals surface area (Å²) < 4.78 is 5.50. The summed E-state index contributed by atoms with van der Waals surface area (Å²) in [4.78, 5) is 1.21. The van der Waals surface area contributed by atoms with Gasteiger partial charge in [0.1, 0.15) is 7.85 Å². The van der Waals surface area contributed by atoms with Gasteiger partial charge in [0.25, 0.3) is 0 Å². The maximum absolute atomic E-state index is 6.02. The van der Waals surface area contributed by atoms with Crippen molar-refractivity contribution in [2.45, 2.75) is 20.8 Å². The number of hydrogen-bond acceptors (Lipinski definition) is 2. The molecule has 1 aromatic heterocycles. The van der Waals surface area contributed by atoms with Crippen molar-refractivity contribution in [2.75, 3.05) is 0 Å². The number of benzene rings is 1. The molecule has 14 heavy (non-hydrogen) atoms. The van der Waals surface area contributed by atoms with Gasteiger partial charge in [0.05, 0.1) is 5.52 Å². The fourth-order valence-corrected chi connectivity index (χ4v) is 3.17. The van der Waals surface area contributed by atoms with E-state index < -0.39 is 0 Å². The molecule has 0 unspecified atom stereocenters. The standard InChI is InChI=1S/C10H9BBrNS/c1-4-5(2)9(12)7-6(3)14-13-10(7)8(4)11/h1-3H3. The molecule has 4 heteroatoms. The quantitative estimate of drug-likeness (QED) is 0.668. The van der Waals surface area contributed by atoms with Crippen molar-refractivity contribution in [1.82, 2.24) is 4.37 Å². The first-order valence-electron chi connectivity index (χ1n) is 4.34. The lowest BCUT2D eigenvalue weighted by molar-refractivity contribution is 1.36. The molecule has 0 fully saturated rings. The lowest BCUT2D eigenvalue weighted by Crippen LogP contribution is -2.11. The minimum atomic E-state index is 0.810. The Bertz CT molecular complexity index is 519. The number of nitrogens with zero attached hydrogens (tertiary/aromatic N) is 1. The third-order valence-corrected chi connectivity index (χ3v) is 4.38. The van der Waals surface area contributed by atoms with Crippen LogP contribution < -0.4 is 5.46 Å². The molecule has 2 radical (unpaired) electrons. The Balaban J connectivity index is 3.05. The fourth-order valence-electron chi connectivity index (χ4n) is 1.55. The van der Waals surface area contributed by atoms with E-state index in [1.54, 1.807) is 0 Å². The van der Waals surface area contributed by atoms with Gasteiger partial charge in [0.15, 0.2) is 0 Å². The van der Waals surface area contributed by atoms with Gasteiger partial charge in [-0.3, -0.25) is 0 Å². The zero-order chi connectivity index (χ0) is 10.5. The first-order chi connectivity index (χ1) is 6.54. The summed E-state index contributed by atoms with van der Waals surface area (Å²) in [6.07, 6.45) is 0. The summed E-state index contributed by atoms with van der Waals surface area (Å²) in [5.41, 5.74) is 4.07. The normalized spacial score (nSPS) is 11.1. The Labute approximate surface area is 97.2 Å². The summed E-state index contributed by atoms with van der Waals surface area (Å²) in [6.45, 7) is 6.18. The van der Waals surface area contributed by atoms with Crippen molar-refractivity contribution >= 4 is 51.7 Å². The zero-order valence-corrected chi connectivity index (χ0v) is 10.7. The maximum atomic E-state index is 6.02. The predicted octanol–water partition coefficient (Wildman–Crippen LogP) is 2.78. The van der Waals surface area contributed by atoms with Crippen LogP contribution in [0.25, 0.3) is 10.9 Å². The molecule has 0 saturated carbocycles. The van der Waals surface area contributed by atoms with Crippen LogP contribution in [0.1, 0.15) is 16.0 Å². The van der Waals surface area contributed by atoms with Crippen LogP contribution >= 0.6 is 27.5 Å². The van der Waals surface area contributed by atoms with E-state index in [-0.39, 0.29) is 0 Å². The van der Waals surface area contributed by atoms with Crippen molar-refractivity contribution in [2.24, 2.45) is 0 Å². The number of halogens is 1. The molecular weight excluding hydrogens is 257 g/mol. The molecule has 0 bridgehead atoms. The zero-order valence-electron chi connectivity index (χ0n) is 8.31. The van der Waals surface area contributed by atoms with Crippen molar-refractivity contribution in [3.05, 3.63) is 20.5 Å². The number of hydrogen-bond donors (Lipinski definition) is 0. The van der Waals surface area contributed by atoms with Crippen molar-refractivity contribution in [3.8, 4) is 0 Å². The first-order valence-corrected chi connectivity index (χ1v) is 5.90. The van der Waals surface area contributed by atoms with Gasteiger partial charge in [0.2, 0.25) is 0 Å². The van der Waals surface area contributed by atoms with Gasteiger partial charge in [-0.25, -0.2) is 0 Å². The van der Waals surface area contributed by atoms with Crippen LogP contribution in [0, 0.1) is 20.8 Å². The second kappa shape index (κ2) is 3.35. The molecule has 0 aliphatic carbocycles. The van der Waals surface area contributed by atoms with Gasteiger partial charge in [-0.1, -0.05) is 11.0 Å². The monoisotopic (exact) mass is 265 g/mol. The van der Waals surface area contributed by atoms with Crippen LogP contribution in [0.5, 0.6) is 0 Å². The molecule has 0 spiro atoms. The SMILES string of the molecule is [B]c1c(C)c(C)c(Br)c2c(C)snc12. The Morgan fingerprint density at radius 3 is 2.50 bits per heavy atom. The molecule has 2 aromatic rings. The molecule has 0 amide bonds.